The van der Waals surface area contributed by atoms with E-state index in [0.29, 0.717) is 18.1 Å². The zero-order chi connectivity index (χ0) is 17.1. The molecule has 6 heteroatoms. The van der Waals surface area contributed by atoms with Crippen LogP contribution in [0.1, 0.15) is 11.3 Å². The summed E-state index contributed by atoms with van der Waals surface area (Å²) in [6.45, 7) is 0.410. The van der Waals surface area contributed by atoms with E-state index in [2.05, 4.69) is 4.98 Å². The van der Waals surface area contributed by atoms with Gasteiger partial charge < -0.3 is 14.8 Å². The lowest BCUT2D eigenvalue weighted by Crippen LogP contribution is -2.10. The highest BCUT2D eigenvalue weighted by Crippen LogP contribution is 2.27. The number of aromatic nitrogens is 2. The summed E-state index contributed by atoms with van der Waals surface area (Å²) < 4.78 is 1.80. The number of carboxylic acid groups (broad SMARTS) is 1. The standard InChI is InChI=1S/C18H15ClN2O3/c19-17-15(10-16(23)24)21(11-12-6-8-14(22)9-7-12)18(20-17)13-4-2-1-3-5-13/h1-9,22H,10-11H2,(H,23,24). The van der Waals surface area contributed by atoms with Gasteiger partial charge in [-0.3, -0.25) is 4.79 Å². The highest BCUT2D eigenvalue weighted by atomic mass is 35.5. The van der Waals surface area contributed by atoms with E-state index < -0.39 is 5.97 Å². The molecule has 0 amide bonds. The van der Waals surface area contributed by atoms with E-state index in [1.54, 1.807) is 28.8 Å². The molecule has 0 fully saturated rings. The van der Waals surface area contributed by atoms with Crippen molar-refractivity contribution >= 4 is 17.6 Å². The molecule has 0 atom stereocenters. The third-order valence-corrected chi connectivity index (χ3v) is 3.95. The number of carbonyl (C=O) groups is 1. The molecule has 0 saturated carbocycles. The average molecular weight is 343 g/mol. The second-order valence-electron chi connectivity index (χ2n) is 5.36. The molecule has 0 unspecified atom stereocenters. The van der Waals surface area contributed by atoms with Crippen LogP contribution < -0.4 is 0 Å². The zero-order valence-electron chi connectivity index (χ0n) is 12.7. The maximum atomic E-state index is 11.2. The maximum absolute atomic E-state index is 11.2. The Morgan fingerprint density at radius 3 is 2.38 bits per heavy atom. The minimum atomic E-state index is -0.969. The Labute approximate surface area is 143 Å². The van der Waals surface area contributed by atoms with Crippen LogP contribution in [0.5, 0.6) is 5.75 Å². The Morgan fingerprint density at radius 1 is 1.08 bits per heavy atom. The van der Waals surface area contributed by atoms with Crippen LogP contribution in [0.2, 0.25) is 5.15 Å². The first-order valence-corrected chi connectivity index (χ1v) is 7.72. The summed E-state index contributed by atoms with van der Waals surface area (Å²) in [7, 11) is 0. The average Bonchev–Trinajstić information content (AvgIpc) is 2.86. The molecule has 2 aromatic carbocycles. The number of halogens is 1. The third kappa shape index (κ3) is 3.41. The van der Waals surface area contributed by atoms with Crippen molar-refractivity contribution in [3.05, 3.63) is 71.0 Å². The molecule has 0 radical (unpaired) electrons. The second kappa shape index (κ2) is 6.76. The predicted octanol–water partition coefficient (Wildman–Crippen LogP) is 3.58. The normalized spacial score (nSPS) is 10.7. The molecule has 0 spiro atoms. The molecule has 0 saturated heterocycles. The Bertz CT molecular complexity index is 858. The molecule has 5 nitrogen and oxygen atoms in total. The molecule has 0 aliphatic rings. The Kier molecular flexibility index (Phi) is 4.53. The fraction of sp³-hybridized carbons (Fsp3) is 0.111. The molecule has 0 aliphatic carbocycles. The molecule has 0 aliphatic heterocycles. The SMILES string of the molecule is O=C(O)Cc1c(Cl)nc(-c2ccccc2)n1Cc1ccc(O)cc1. The number of aliphatic carboxylic acids is 1. The number of aromatic hydroxyl groups is 1. The van der Waals surface area contributed by atoms with Crippen LogP contribution in [-0.2, 0) is 17.8 Å². The van der Waals surface area contributed by atoms with E-state index in [-0.39, 0.29) is 17.3 Å². The molecule has 3 aromatic rings. The number of phenols is 1. The van der Waals surface area contributed by atoms with E-state index in [4.69, 9.17) is 16.7 Å². The fourth-order valence-corrected chi connectivity index (χ4v) is 2.78. The van der Waals surface area contributed by atoms with Crippen molar-refractivity contribution in [1.82, 2.24) is 9.55 Å². The molecule has 0 bridgehead atoms. The van der Waals surface area contributed by atoms with Gasteiger partial charge in [0.2, 0.25) is 0 Å². The van der Waals surface area contributed by atoms with E-state index in [1.807, 2.05) is 30.3 Å². The van der Waals surface area contributed by atoms with Gasteiger partial charge in [0.15, 0.2) is 5.15 Å². The number of phenolic OH excluding ortho intramolecular Hbond substituents is 1. The van der Waals surface area contributed by atoms with Crippen LogP contribution >= 0.6 is 11.6 Å². The number of benzene rings is 2. The minimum absolute atomic E-state index is 0.177. The van der Waals surface area contributed by atoms with Gasteiger partial charge in [-0.25, -0.2) is 4.98 Å². The van der Waals surface area contributed by atoms with Gasteiger partial charge in [0, 0.05) is 12.1 Å². The first kappa shape index (κ1) is 16.1. The van der Waals surface area contributed by atoms with Gasteiger partial charge in [-0.15, -0.1) is 0 Å². The number of hydrogen-bond acceptors (Lipinski definition) is 3. The Balaban J connectivity index is 2.09. The van der Waals surface area contributed by atoms with E-state index in [9.17, 15) is 9.90 Å². The summed E-state index contributed by atoms with van der Waals surface area (Å²) in [4.78, 5) is 15.5. The summed E-state index contributed by atoms with van der Waals surface area (Å²) in [5.41, 5.74) is 2.22. The van der Waals surface area contributed by atoms with Crippen molar-refractivity contribution in [3.63, 3.8) is 0 Å². The van der Waals surface area contributed by atoms with Gasteiger partial charge in [0.25, 0.3) is 0 Å². The van der Waals surface area contributed by atoms with Crippen LogP contribution in [0.3, 0.4) is 0 Å². The third-order valence-electron chi connectivity index (χ3n) is 3.65. The van der Waals surface area contributed by atoms with Crippen molar-refractivity contribution < 1.29 is 15.0 Å². The highest BCUT2D eigenvalue weighted by molar-refractivity contribution is 6.30. The van der Waals surface area contributed by atoms with Crippen molar-refractivity contribution in [1.29, 1.82) is 0 Å². The monoisotopic (exact) mass is 342 g/mol. The highest BCUT2D eigenvalue weighted by Gasteiger charge is 2.19. The number of carboxylic acids is 1. The quantitative estimate of drug-likeness (QED) is 0.743. The van der Waals surface area contributed by atoms with Gasteiger partial charge in [-0.1, -0.05) is 54.1 Å². The predicted molar refractivity (Wildman–Crippen MR) is 91.2 cm³/mol. The molecule has 3 rings (SSSR count). The van der Waals surface area contributed by atoms with Crippen molar-refractivity contribution in [3.8, 4) is 17.1 Å². The molecular weight excluding hydrogens is 328 g/mol. The first-order chi connectivity index (χ1) is 11.5. The van der Waals surface area contributed by atoms with Crippen LogP contribution in [-0.4, -0.2) is 25.7 Å². The van der Waals surface area contributed by atoms with Crippen LogP contribution in [0, 0.1) is 0 Å². The van der Waals surface area contributed by atoms with Gasteiger partial charge in [0.1, 0.15) is 11.6 Å². The van der Waals surface area contributed by atoms with Crippen LogP contribution in [0.4, 0.5) is 0 Å². The number of nitrogens with zero attached hydrogens (tertiary/aromatic N) is 2. The molecule has 122 valence electrons. The molecule has 1 heterocycles. The van der Waals surface area contributed by atoms with Crippen molar-refractivity contribution in [2.75, 3.05) is 0 Å². The number of imidazole rings is 1. The summed E-state index contributed by atoms with van der Waals surface area (Å²) >= 11 is 6.20. The van der Waals surface area contributed by atoms with E-state index in [0.717, 1.165) is 11.1 Å². The summed E-state index contributed by atoms with van der Waals surface area (Å²) in [5.74, 6) is -0.176. The zero-order valence-corrected chi connectivity index (χ0v) is 13.4. The lowest BCUT2D eigenvalue weighted by molar-refractivity contribution is -0.136. The van der Waals surface area contributed by atoms with Gasteiger partial charge >= 0.3 is 5.97 Å². The van der Waals surface area contributed by atoms with E-state index in [1.165, 1.54) is 0 Å². The van der Waals surface area contributed by atoms with Crippen molar-refractivity contribution in [2.45, 2.75) is 13.0 Å². The lowest BCUT2D eigenvalue weighted by atomic mass is 10.2. The smallest absolute Gasteiger partial charge is 0.309 e. The Morgan fingerprint density at radius 2 is 1.75 bits per heavy atom. The fourth-order valence-electron chi connectivity index (χ4n) is 2.53. The second-order valence-corrected chi connectivity index (χ2v) is 5.72. The Hall–Kier alpha value is -2.79. The topological polar surface area (TPSA) is 75.3 Å². The largest absolute Gasteiger partial charge is 0.508 e. The molecular formula is C18H15ClN2O3. The minimum Gasteiger partial charge on any atom is -0.508 e. The maximum Gasteiger partial charge on any atom is 0.309 e. The van der Waals surface area contributed by atoms with Gasteiger partial charge in [0.05, 0.1) is 12.1 Å². The van der Waals surface area contributed by atoms with Crippen LogP contribution in [0.25, 0.3) is 11.4 Å². The van der Waals surface area contributed by atoms with E-state index >= 15 is 0 Å². The molecule has 2 N–H and O–H groups in total. The van der Waals surface area contributed by atoms with Gasteiger partial charge in [-0.05, 0) is 17.7 Å². The number of hydrogen-bond donors (Lipinski definition) is 2. The van der Waals surface area contributed by atoms with Crippen molar-refractivity contribution in [2.24, 2.45) is 0 Å². The first-order valence-electron chi connectivity index (χ1n) is 7.34. The summed E-state index contributed by atoms with van der Waals surface area (Å²) in [6, 6.07) is 16.2. The summed E-state index contributed by atoms with van der Waals surface area (Å²) in [5, 5.41) is 18.8. The van der Waals surface area contributed by atoms with Crippen LogP contribution in [0.15, 0.2) is 54.6 Å². The summed E-state index contributed by atoms with van der Waals surface area (Å²) in [6.07, 6.45) is -0.212. The molecule has 1 aromatic heterocycles. The number of rotatable bonds is 5. The van der Waals surface area contributed by atoms with Gasteiger partial charge in [-0.2, -0.15) is 0 Å². The molecule has 24 heavy (non-hydrogen) atoms. The lowest BCUT2D eigenvalue weighted by Gasteiger charge is -2.12.